The van der Waals surface area contributed by atoms with Crippen molar-refractivity contribution in [3.05, 3.63) is 113 Å². The molecule has 3 aromatic rings. The quantitative estimate of drug-likeness (QED) is 0.0569. The van der Waals surface area contributed by atoms with Crippen LogP contribution in [0.5, 0.6) is 5.75 Å². The molecule has 0 bridgehead atoms. The Morgan fingerprint density at radius 3 is 2.18 bits per heavy atom. The van der Waals surface area contributed by atoms with Gasteiger partial charge in [0.2, 0.25) is 0 Å². The van der Waals surface area contributed by atoms with Gasteiger partial charge in [0.1, 0.15) is 18.0 Å². The Morgan fingerprint density at radius 2 is 1.61 bits per heavy atom. The number of amides is 1. The molecule has 1 atom stereocenters. The number of thioether (sulfide) groups is 1. The van der Waals surface area contributed by atoms with E-state index in [1.807, 2.05) is 84.0 Å². The number of nitrogens with one attached hydrogen (secondary N) is 2. The fourth-order valence-corrected chi connectivity index (χ4v) is 5.73. The Morgan fingerprint density at radius 1 is 0.980 bits per heavy atom. The second kappa shape index (κ2) is 23.8. The highest BCUT2D eigenvalue weighted by atomic mass is 32.2. The smallest absolute Gasteiger partial charge is 0.408 e. The van der Waals surface area contributed by atoms with Crippen LogP contribution in [-0.4, -0.2) is 43.7 Å². The van der Waals surface area contributed by atoms with E-state index in [4.69, 9.17) is 14.2 Å². The van der Waals surface area contributed by atoms with Crippen LogP contribution in [0.25, 0.3) is 0 Å². The van der Waals surface area contributed by atoms with Crippen molar-refractivity contribution in [1.82, 2.24) is 10.6 Å². The average Bonchev–Trinajstić information content (AvgIpc) is 3.05. The van der Waals surface area contributed by atoms with Gasteiger partial charge < -0.3 is 24.8 Å². The predicted octanol–water partition coefficient (Wildman–Crippen LogP) is 9.88. The minimum Gasteiger partial charge on any atom is -0.490 e. The van der Waals surface area contributed by atoms with Crippen molar-refractivity contribution in [1.29, 1.82) is 0 Å². The van der Waals surface area contributed by atoms with Gasteiger partial charge in [-0.05, 0) is 105 Å². The largest absolute Gasteiger partial charge is 0.490 e. The number of rotatable bonds is 14. The van der Waals surface area contributed by atoms with E-state index in [0.717, 1.165) is 37.8 Å². The van der Waals surface area contributed by atoms with Gasteiger partial charge in [-0.2, -0.15) is 12.6 Å². The second-order valence-electron chi connectivity index (χ2n) is 11.3. The summed E-state index contributed by atoms with van der Waals surface area (Å²) >= 11 is 9.69. The van der Waals surface area contributed by atoms with Crippen LogP contribution in [0.1, 0.15) is 74.7 Å². The Labute approximate surface area is 310 Å². The molecule has 0 radical (unpaired) electrons. The third-order valence-corrected chi connectivity index (χ3v) is 7.58. The van der Waals surface area contributed by atoms with Crippen molar-refractivity contribution in [3.8, 4) is 5.75 Å². The van der Waals surface area contributed by atoms with E-state index in [0.29, 0.717) is 36.6 Å². The SMILES string of the molecule is C.C=CCOc1ccc(CC(NC(=O)OC(C)(C)C)C(=C)NCc2cc(CSc3cc(C)cc(S)c3)cc(C(=O)OC)c2)cc1.CC.CS. The van der Waals surface area contributed by atoms with Gasteiger partial charge in [0, 0.05) is 27.8 Å². The van der Waals surface area contributed by atoms with Crippen LogP contribution in [0.4, 0.5) is 4.79 Å². The summed E-state index contributed by atoms with van der Waals surface area (Å²) in [4.78, 5) is 27.3. The van der Waals surface area contributed by atoms with Gasteiger partial charge in [-0.3, -0.25) is 0 Å². The molecule has 0 saturated heterocycles. The predicted molar refractivity (Wildman–Crippen MR) is 214 cm³/mol. The zero-order valence-corrected chi connectivity index (χ0v) is 32.1. The van der Waals surface area contributed by atoms with Crippen molar-refractivity contribution in [3.63, 3.8) is 0 Å². The van der Waals surface area contributed by atoms with Crippen LogP contribution in [0.2, 0.25) is 0 Å². The normalized spacial score (nSPS) is 10.7. The molecular weight excluding hydrogens is 673 g/mol. The summed E-state index contributed by atoms with van der Waals surface area (Å²) in [6.07, 6.45) is 3.32. The van der Waals surface area contributed by atoms with Crippen molar-refractivity contribution in [2.45, 2.75) is 89.1 Å². The lowest BCUT2D eigenvalue weighted by molar-refractivity contribution is 0.0509. The minimum absolute atomic E-state index is 0. The number of ether oxygens (including phenoxy) is 3. The second-order valence-corrected chi connectivity index (χ2v) is 12.9. The molecule has 0 aliphatic rings. The van der Waals surface area contributed by atoms with Gasteiger partial charge in [-0.15, -0.1) is 24.4 Å². The first-order valence-corrected chi connectivity index (χ1v) is 18.0. The molecule has 2 N–H and O–H groups in total. The van der Waals surface area contributed by atoms with E-state index in [2.05, 4.69) is 61.2 Å². The molecule has 0 heterocycles. The fraction of sp³-hybridized carbons (Fsp3) is 0.385. The summed E-state index contributed by atoms with van der Waals surface area (Å²) in [5.41, 5.74) is 4.39. The number of hydrogen-bond acceptors (Lipinski definition) is 9. The summed E-state index contributed by atoms with van der Waals surface area (Å²) in [6, 6.07) is 19.0. The highest BCUT2D eigenvalue weighted by molar-refractivity contribution is 7.98. The molecule has 0 spiro atoms. The highest BCUT2D eigenvalue weighted by Crippen LogP contribution is 2.27. The molecule has 0 fully saturated rings. The molecular formula is C39H56N2O5S3. The van der Waals surface area contributed by atoms with E-state index >= 15 is 0 Å². The number of benzene rings is 3. The molecule has 7 nitrogen and oxygen atoms in total. The summed E-state index contributed by atoms with van der Waals surface area (Å²) in [5.74, 6) is 0.982. The molecule has 0 aliphatic carbocycles. The summed E-state index contributed by atoms with van der Waals surface area (Å²) < 4.78 is 16.1. The molecule has 10 heteroatoms. The molecule has 0 saturated carbocycles. The maximum Gasteiger partial charge on any atom is 0.408 e. The molecule has 3 aromatic carbocycles. The van der Waals surface area contributed by atoms with Crippen LogP contribution >= 0.6 is 37.0 Å². The molecule has 1 unspecified atom stereocenters. The third-order valence-electron chi connectivity index (χ3n) is 6.28. The highest BCUT2D eigenvalue weighted by Gasteiger charge is 2.22. The molecule has 49 heavy (non-hydrogen) atoms. The lowest BCUT2D eigenvalue weighted by atomic mass is 10.0. The number of esters is 1. The Hall–Kier alpha value is -3.47. The van der Waals surface area contributed by atoms with Gasteiger partial charge in [0.15, 0.2) is 0 Å². The van der Waals surface area contributed by atoms with Gasteiger partial charge >= 0.3 is 12.1 Å². The van der Waals surface area contributed by atoms with Gasteiger partial charge in [-0.1, -0.05) is 58.7 Å². The van der Waals surface area contributed by atoms with Crippen LogP contribution in [0.3, 0.4) is 0 Å². The van der Waals surface area contributed by atoms with E-state index in [-0.39, 0.29) is 7.43 Å². The van der Waals surface area contributed by atoms with Gasteiger partial charge in [-0.25, -0.2) is 9.59 Å². The summed E-state index contributed by atoms with van der Waals surface area (Å²) in [5, 5.41) is 6.31. The van der Waals surface area contributed by atoms with Gasteiger partial charge in [0.05, 0.1) is 18.7 Å². The zero-order valence-electron chi connectivity index (χ0n) is 29.5. The minimum atomic E-state index is -0.650. The lowest BCUT2D eigenvalue weighted by Crippen LogP contribution is -2.43. The Balaban J connectivity index is 0.00000444. The molecule has 0 aromatic heterocycles. The zero-order chi connectivity index (χ0) is 36.3. The molecule has 0 aliphatic heterocycles. The molecule has 3 rings (SSSR count). The van der Waals surface area contributed by atoms with E-state index in [1.54, 1.807) is 30.2 Å². The first-order chi connectivity index (χ1) is 22.8. The average molecular weight is 729 g/mol. The third kappa shape index (κ3) is 17.7. The maximum atomic E-state index is 12.7. The lowest BCUT2D eigenvalue weighted by Gasteiger charge is -2.26. The van der Waals surface area contributed by atoms with Crippen molar-refractivity contribution >= 4 is 49.1 Å². The number of aryl methyl sites for hydroxylation is 1. The van der Waals surface area contributed by atoms with E-state index in [9.17, 15) is 9.59 Å². The Kier molecular flexibility index (Phi) is 22.1. The number of carbonyl (C=O) groups is 2. The summed E-state index contributed by atoms with van der Waals surface area (Å²) in [7, 11) is 1.37. The number of hydrogen-bond donors (Lipinski definition) is 4. The first kappa shape index (κ1) is 45.5. The van der Waals surface area contributed by atoms with Crippen LogP contribution in [-0.2, 0) is 28.2 Å². The van der Waals surface area contributed by atoms with Crippen molar-refractivity contribution < 1.29 is 23.8 Å². The van der Waals surface area contributed by atoms with Gasteiger partial charge in [0.25, 0.3) is 0 Å². The molecule has 1 amide bonds. The van der Waals surface area contributed by atoms with Crippen molar-refractivity contribution in [2.75, 3.05) is 20.0 Å². The number of carbonyl (C=O) groups excluding carboxylic acids is 2. The Bertz CT molecular complexity index is 1450. The summed E-state index contributed by atoms with van der Waals surface area (Å²) in [6.45, 7) is 20.2. The van der Waals surface area contributed by atoms with Crippen LogP contribution in [0.15, 0.2) is 95.4 Å². The first-order valence-electron chi connectivity index (χ1n) is 15.7. The monoisotopic (exact) mass is 728 g/mol. The number of thiol groups is 2. The van der Waals surface area contributed by atoms with E-state index in [1.165, 1.54) is 7.11 Å². The fourth-order valence-electron chi connectivity index (χ4n) is 4.32. The van der Waals surface area contributed by atoms with Crippen LogP contribution < -0.4 is 15.4 Å². The van der Waals surface area contributed by atoms with Crippen LogP contribution in [0, 0.1) is 6.92 Å². The molecule has 270 valence electrons. The maximum absolute atomic E-state index is 12.7. The number of alkyl carbamates (subject to hydrolysis) is 1. The number of methoxy groups -OCH3 is 1. The topological polar surface area (TPSA) is 85.9 Å². The standard InChI is InChI=1S/C35H42N2O5S2.C2H6.CH4S.CH4/c1-8-13-41-29-11-9-25(10-12-29)19-32(37-34(39)42-35(4,5)6)24(3)36-21-26-16-27(18-28(17-26)33(38)40-7)22-44-31-15-23(2)14-30(43)20-31;2*1-2;/h8-12,14-18,20,32,36,43H,1,3,13,19,21-22H2,2,4-7H3,(H,37,39);1-2H3;2H,1H3;1H4. The van der Waals surface area contributed by atoms with E-state index < -0.39 is 23.7 Å². The van der Waals surface area contributed by atoms with Crippen molar-refractivity contribution in [2.24, 2.45) is 0 Å².